The molecule has 0 saturated heterocycles. The summed E-state index contributed by atoms with van der Waals surface area (Å²) in [5.74, 6) is -0.975. The van der Waals surface area contributed by atoms with E-state index in [-0.39, 0.29) is 11.9 Å². The quantitative estimate of drug-likeness (QED) is 0.608. The average molecular weight is 426 g/mol. The lowest BCUT2D eigenvalue weighted by Gasteiger charge is -2.11. The van der Waals surface area contributed by atoms with Gasteiger partial charge in [-0.1, -0.05) is 58.1 Å². The summed E-state index contributed by atoms with van der Waals surface area (Å²) in [5.41, 5.74) is 1.41. The molecule has 0 fully saturated rings. The highest BCUT2D eigenvalue weighted by Crippen LogP contribution is 2.27. The van der Waals surface area contributed by atoms with Crippen LogP contribution >= 0.6 is 34.8 Å². The lowest BCUT2D eigenvalue weighted by molar-refractivity contribution is -0.115. The predicted molar refractivity (Wildman–Crippen MR) is 103 cm³/mol. The molecule has 7 nitrogen and oxygen atoms in total. The fourth-order valence-corrected chi connectivity index (χ4v) is 2.19. The van der Waals surface area contributed by atoms with Gasteiger partial charge in [-0.25, -0.2) is 0 Å². The molecule has 10 heteroatoms. The molecule has 0 aliphatic carbocycles. The van der Waals surface area contributed by atoms with Crippen LogP contribution in [0.25, 0.3) is 11.5 Å². The minimum Gasteiger partial charge on any atom is -0.403 e. The zero-order valence-corrected chi connectivity index (χ0v) is 15.7. The molecule has 1 aromatic heterocycles. The molecule has 2 amide bonds. The zero-order valence-electron chi connectivity index (χ0n) is 13.4. The number of nitrogens with zero attached hydrogens (tertiary/aromatic N) is 2. The lowest BCUT2D eigenvalue weighted by Crippen LogP contribution is -2.26. The zero-order chi connectivity index (χ0) is 19.4. The van der Waals surface area contributed by atoms with E-state index in [0.717, 1.165) is 5.56 Å². The molecule has 0 atom stereocenters. The molecule has 2 aromatic carbocycles. The van der Waals surface area contributed by atoms with Crippen molar-refractivity contribution in [2.24, 2.45) is 0 Å². The standard InChI is InChI=1S/C17H11Cl3N4O3/c18-17(19,20)15(26)21-12-8-6-10(7-9-12)13(25)22-16-24-23-14(27-16)11-4-2-1-3-5-11/h1-9H,(H,21,26)(H,22,24,25). The Morgan fingerprint density at radius 1 is 0.889 bits per heavy atom. The molecular formula is C17H11Cl3N4O3. The Bertz CT molecular complexity index is 954. The minimum absolute atomic E-state index is 0.0348. The van der Waals surface area contributed by atoms with Gasteiger partial charge in [-0.15, -0.1) is 5.10 Å². The minimum atomic E-state index is -2.08. The molecule has 0 radical (unpaired) electrons. The summed E-state index contributed by atoms with van der Waals surface area (Å²) < 4.78 is 3.34. The summed E-state index contributed by atoms with van der Waals surface area (Å²) in [6, 6.07) is 15.1. The van der Waals surface area contributed by atoms with Crippen LogP contribution < -0.4 is 10.6 Å². The molecular weight excluding hydrogens is 415 g/mol. The normalized spacial score (nSPS) is 11.1. The topological polar surface area (TPSA) is 97.1 Å². The monoisotopic (exact) mass is 424 g/mol. The highest BCUT2D eigenvalue weighted by Gasteiger charge is 2.30. The van der Waals surface area contributed by atoms with E-state index >= 15 is 0 Å². The molecule has 27 heavy (non-hydrogen) atoms. The number of hydrogen-bond donors (Lipinski definition) is 2. The van der Waals surface area contributed by atoms with Crippen molar-refractivity contribution < 1.29 is 14.0 Å². The van der Waals surface area contributed by atoms with Crippen LogP contribution in [0.5, 0.6) is 0 Å². The third kappa shape index (κ3) is 4.97. The van der Waals surface area contributed by atoms with E-state index in [9.17, 15) is 9.59 Å². The van der Waals surface area contributed by atoms with Crippen molar-refractivity contribution in [3.63, 3.8) is 0 Å². The first kappa shape index (κ1) is 19.2. The second kappa shape index (κ2) is 7.96. The molecule has 0 spiro atoms. The van der Waals surface area contributed by atoms with E-state index in [2.05, 4.69) is 20.8 Å². The van der Waals surface area contributed by atoms with Gasteiger partial charge in [-0.2, -0.15) is 0 Å². The Morgan fingerprint density at radius 3 is 2.19 bits per heavy atom. The van der Waals surface area contributed by atoms with Crippen molar-refractivity contribution >= 4 is 58.3 Å². The van der Waals surface area contributed by atoms with E-state index in [0.29, 0.717) is 11.3 Å². The van der Waals surface area contributed by atoms with Crippen molar-refractivity contribution in [1.82, 2.24) is 10.2 Å². The van der Waals surface area contributed by atoms with E-state index < -0.39 is 15.6 Å². The van der Waals surface area contributed by atoms with Crippen LogP contribution in [0.2, 0.25) is 0 Å². The van der Waals surface area contributed by atoms with Crippen LogP contribution in [0.15, 0.2) is 59.0 Å². The van der Waals surface area contributed by atoms with E-state index in [4.69, 9.17) is 39.2 Å². The maximum atomic E-state index is 12.3. The number of carbonyl (C=O) groups is 2. The van der Waals surface area contributed by atoms with Gasteiger partial charge in [0, 0.05) is 16.8 Å². The number of amides is 2. The Morgan fingerprint density at radius 2 is 1.56 bits per heavy atom. The Labute approximate surface area is 168 Å². The second-order valence-corrected chi connectivity index (χ2v) is 7.54. The highest BCUT2D eigenvalue weighted by molar-refractivity contribution is 6.76. The first-order valence-corrected chi connectivity index (χ1v) is 8.65. The molecule has 0 unspecified atom stereocenters. The van der Waals surface area contributed by atoms with Gasteiger partial charge < -0.3 is 9.73 Å². The molecule has 1 heterocycles. The van der Waals surface area contributed by atoms with Crippen LogP contribution in [0.1, 0.15) is 10.4 Å². The predicted octanol–water partition coefficient (Wildman–Crippen LogP) is 4.30. The number of halogens is 3. The molecule has 0 aliphatic heterocycles. The fraction of sp³-hybridized carbons (Fsp3) is 0.0588. The summed E-state index contributed by atoms with van der Waals surface area (Å²) in [4.78, 5) is 23.9. The molecule has 0 saturated carbocycles. The van der Waals surface area contributed by atoms with Crippen molar-refractivity contribution in [3.8, 4) is 11.5 Å². The van der Waals surface area contributed by atoms with Crippen LogP contribution in [-0.2, 0) is 4.79 Å². The van der Waals surface area contributed by atoms with Crippen molar-refractivity contribution in [2.75, 3.05) is 10.6 Å². The number of anilines is 2. The highest BCUT2D eigenvalue weighted by atomic mass is 35.6. The van der Waals surface area contributed by atoms with Gasteiger partial charge >= 0.3 is 6.01 Å². The summed E-state index contributed by atoms with van der Waals surface area (Å²) in [7, 11) is 0. The maximum absolute atomic E-state index is 12.3. The van der Waals surface area contributed by atoms with E-state index in [1.165, 1.54) is 24.3 Å². The van der Waals surface area contributed by atoms with Gasteiger partial charge in [0.2, 0.25) is 5.89 Å². The Balaban J connectivity index is 1.65. The van der Waals surface area contributed by atoms with Gasteiger partial charge in [-0.3, -0.25) is 14.9 Å². The number of hydrogen-bond acceptors (Lipinski definition) is 5. The van der Waals surface area contributed by atoms with Gasteiger partial charge in [0.05, 0.1) is 0 Å². The molecule has 2 N–H and O–H groups in total. The lowest BCUT2D eigenvalue weighted by atomic mass is 10.2. The number of benzene rings is 2. The van der Waals surface area contributed by atoms with Crippen LogP contribution in [0.4, 0.5) is 11.7 Å². The van der Waals surface area contributed by atoms with Gasteiger partial charge in [0.15, 0.2) is 0 Å². The first-order chi connectivity index (χ1) is 12.8. The molecule has 3 rings (SSSR count). The van der Waals surface area contributed by atoms with E-state index in [1.54, 1.807) is 0 Å². The summed E-state index contributed by atoms with van der Waals surface area (Å²) >= 11 is 16.4. The maximum Gasteiger partial charge on any atom is 0.322 e. The largest absolute Gasteiger partial charge is 0.403 e. The third-order valence-corrected chi connectivity index (χ3v) is 3.84. The fourth-order valence-electron chi connectivity index (χ4n) is 2.05. The molecule has 0 bridgehead atoms. The van der Waals surface area contributed by atoms with E-state index in [1.807, 2.05) is 30.3 Å². The smallest absolute Gasteiger partial charge is 0.322 e. The molecule has 3 aromatic rings. The van der Waals surface area contributed by atoms with Crippen LogP contribution in [0.3, 0.4) is 0 Å². The van der Waals surface area contributed by atoms with Gasteiger partial charge in [-0.05, 0) is 36.4 Å². The first-order valence-electron chi connectivity index (χ1n) is 7.51. The molecule has 138 valence electrons. The van der Waals surface area contributed by atoms with Crippen molar-refractivity contribution in [2.45, 2.75) is 3.79 Å². The second-order valence-electron chi connectivity index (χ2n) is 5.26. The third-order valence-electron chi connectivity index (χ3n) is 3.33. The molecule has 0 aliphatic rings. The Kier molecular flexibility index (Phi) is 5.65. The summed E-state index contributed by atoms with van der Waals surface area (Å²) in [6.45, 7) is 0. The summed E-state index contributed by atoms with van der Waals surface area (Å²) in [5, 5.41) is 12.6. The van der Waals surface area contributed by atoms with Crippen molar-refractivity contribution in [3.05, 3.63) is 60.2 Å². The Hall–Kier alpha value is -2.61. The number of alkyl halides is 3. The number of aromatic nitrogens is 2. The average Bonchev–Trinajstić information content (AvgIpc) is 3.10. The number of carbonyl (C=O) groups excluding carboxylic acids is 2. The van der Waals surface area contributed by atoms with Gasteiger partial charge in [0.1, 0.15) is 0 Å². The summed E-state index contributed by atoms with van der Waals surface area (Å²) in [6.07, 6.45) is 0. The van der Waals surface area contributed by atoms with Gasteiger partial charge in [0.25, 0.3) is 15.6 Å². The number of nitrogens with one attached hydrogen (secondary N) is 2. The van der Waals surface area contributed by atoms with Crippen LogP contribution in [0, 0.1) is 0 Å². The number of rotatable bonds is 4. The van der Waals surface area contributed by atoms with Crippen LogP contribution in [-0.4, -0.2) is 25.8 Å². The van der Waals surface area contributed by atoms with Crippen molar-refractivity contribution in [1.29, 1.82) is 0 Å². The SMILES string of the molecule is O=C(Nc1nnc(-c2ccccc2)o1)c1ccc(NC(=O)C(Cl)(Cl)Cl)cc1.